The molecule has 0 aromatic heterocycles. The molecule has 0 aliphatic carbocycles. The number of hydrogen-bond donors (Lipinski definition) is 0. The zero-order valence-electron chi connectivity index (χ0n) is 9.97. The zero-order chi connectivity index (χ0) is 11.9. The minimum atomic E-state index is -2.47. The Labute approximate surface area is 98.3 Å². The van der Waals surface area contributed by atoms with Crippen molar-refractivity contribution in [1.82, 2.24) is 0 Å². The van der Waals surface area contributed by atoms with Gasteiger partial charge in [0.25, 0.3) is 0 Å². The van der Waals surface area contributed by atoms with Gasteiger partial charge in [0.2, 0.25) is 0 Å². The Morgan fingerprint density at radius 1 is 1.00 bits per heavy atom. The highest BCUT2D eigenvalue weighted by Crippen LogP contribution is 2.47. The van der Waals surface area contributed by atoms with Gasteiger partial charge in [0.1, 0.15) is 0 Å². The van der Waals surface area contributed by atoms with Crippen LogP contribution in [0.5, 0.6) is 0 Å². The van der Waals surface area contributed by atoms with Crippen molar-refractivity contribution in [3.63, 3.8) is 0 Å². The first-order valence-electron chi connectivity index (χ1n) is 5.73. The Balaban J connectivity index is 3.10. The van der Waals surface area contributed by atoms with E-state index in [-0.39, 0.29) is 0 Å². The van der Waals surface area contributed by atoms with E-state index in [4.69, 9.17) is 0 Å². The fraction of sp³-hybridized carbons (Fsp3) is 0.286. The van der Waals surface area contributed by atoms with E-state index in [2.05, 4.69) is 13.8 Å². The van der Waals surface area contributed by atoms with Crippen LogP contribution in [0.4, 0.5) is 0 Å². The second-order valence-corrected chi connectivity index (χ2v) is 6.16. The molecule has 16 heavy (non-hydrogen) atoms. The van der Waals surface area contributed by atoms with Crippen LogP contribution >= 0.6 is 7.14 Å². The average molecular weight is 234 g/mol. The number of allylic oxidation sites excluding steroid dienone is 2. The van der Waals surface area contributed by atoms with Gasteiger partial charge in [-0.3, -0.25) is 0 Å². The van der Waals surface area contributed by atoms with Crippen molar-refractivity contribution in [2.75, 3.05) is 0 Å². The highest BCUT2D eigenvalue weighted by molar-refractivity contribution is 7.77. The minimum absolute atomic E-state index is 0.907. The first-order valence-corrected chi connectivity index (χ1v) is 7.58. The van der Waals surface area contributed by atoms with E-state index in [1.54, 1.807) is 0 Å². The van der Waals surface area contributed by atoms with Gasteiger partial charge in [-0.15, -0.1) is 0 Å². The molecule has 0 fully saturated rings. The summed E-state index contributed by atoms with van der Waals surface area (Å²) in [5, 5.41) is 0.907. The van der Waals surface area contributed by atoms with Crippen LogP contribution in [0.3, 0.4) is 0 Å². The molecule has 0 saturated heterocycles. The minimum Gasteiger partial charge on any atom is -0.310 e. The second kappa shape index (κ2) is 6.50. The van der Waals surface area contributed by atoms with Gasteiger partial charge in [-0.05, 0) is 24.5 Å². The zero-order valence-corrected chi connectivity index (χ0v) is 10.9. The summed E-state index contributed by atoms with van der Waals surface area (Å²) in [7, 11) is -2.47. The third-order valence-electron chi connectivity index (χ3n) is 2.28. The normalized spacial score (nSPS) is 12.6. The lowest BCUT2D eigenvalue weighted by Crippen LogP contribution is -1.99. The van der Waals surface area contributed by atoms with E-state index in [1.165, 1.54) is 0 Å². The summed E-state index contributed by atoms with van der Waals surface area (Å²) in [5.74, 6) is 3.71. The Morgan fingerprint density at radius 2 is 1.50 bits per heavy atom. The molecule has 0 saturated carbocycles. The summed E-state index contributed by atoms with van der Waals surface area (Å²) in [4.78, 5) is 0. The predicted molar refractivity (Wildman–Crippen MR) is 72.5 cm³/mol. The van der Waals surface area contributed by atoms with Gasteiger partial charge in [0.15, 0.2) is 7.14 Å². The second-order valence-electron chi connectivity index (χ2n) is 3.63. The maximum absolute atomic E-state index is 12.8. The lowest BCUT2D eigenvalue weighted by atomic mass is 10.4. The van der Waals surface area contributed by atoms with Crippen molar-refractivity contribution in [2.45, 2.75) is 26.7 Å². The quantitative estimate of drug-likeness (QED) is 0.684. The summed E-state index contributed by atoms with van der Waals surface area (Å²) in [6.45, 7) is 4.10. The first kappa shape index (κ1) is 13.0. The van der Waals surface area contributed by atoms with Crippen molar-refractivity contribution < 1.29 is 4.57 Å². The molecular formula is C14H19OP. The van der Waals surface area contributed by atoms with Crippen molar-refractivity contribution in [3.8, 4) is 0 Å². The largest absolute Gasteiger partial charge is 0.310 e. The van der Waals surface area contributed by atoms with E-state index in [0.29, 0.717) is 0 Å². The van der Waals surface area contributed by atoms with E-state index < -0.39 is 7.14 Å². The van der Waals surface area contributed by atoms with Gasteiger partial charge < -0.3 is 4.57 Å². The fourth-order valence-electron chi connectivity index (χ4n) is 1.41. The van der Waals surface area contributed by atoms with Crippen molar-refractivity contribution in [3.05, 3.63) is 54.1 Å². The average Bonchev–Trinajstić information content (AvgIpc) is 2.35. The first-order chi connectivity index (χ1) is 7.73. The van der Waals surface area contributed by atoms with Gasteiger partial charge in [-0.1, -0.05) is 56.3 Å². The Bertz CT molecular complexity index is 386. The smallest absolute Gasteiger partial charge is 0.156 e. The van der Waals surface area contributed by atoms with E-state index in [1.807, 2.05) is 54.1 Å². The van der Waals surface area contributed by atoms with Gasteiger partial charge in [0.05, 0.1) is 0 Å². The van der Waals surface area contributed by atoms with E-state index in [0.717, 1.165) is 18.1 Å². The molecule has 0 atom stereocenters. The molecule has 0 spiro atoms. The van der Waals surface area contributed by atoms with Crippen LogP contribution in [0.15, 0.2) is 54.1 Å². The molecule has 0 aliphatic rings. The molecule has 0 amide bonds. The monoisotopic (exact) mass is 234 g/mol. The van der Waals surface area contributed by atoms with Crippen LogP contribution < -0.4 is 5.30 Å². The van der Waals surface area contributed by atoms with Gasteiger partial charge in [-0.25, -0.2) is 0 Å². The van der Waals surface area contributed by atoms with Gasteiger partial charge in [-0.2, -0.15) is 0 Å². The lowest BCUT2D eigenvalue weighted by molar-refractivity contribution is 0.591. The summed E-state index contributed by atoms with van der Waals surface area (Å²) in [5.41, 5.74) is 0. The van der Waals surface area contributed by atoms with E-state index in [9.17, 15) is 4.57 Å². The van der Waals surface area contributed by atoms with Crippen LogP contribution in [-0.2, 0) is 4.57 Å². The molecule has 0 N–H and O–H groups in total. The molecule has 1 rings (SSSR count). The fourth-order valence-corrected chi connectivity index (χ4v) is 3.54. The van der Waals surface area contributed by atoms with Crippen LogP contribution in [0.2, 0.25) is 0 Å². The maximum atomic E-state index is 12.8. The van der Waals surface area contributed by atoms with Crippen molar-refractivity contribution in [1.29, 1.82) is 0 Å². The SMILES string of the molecule is CC/C=C/P(=O)(/C=C/CC)c1ccccc1. The highest BCUT2D eigenvalue weighted by Gasteiger charge is 2.16. The molecule has 0 bridgehead atoms. The molecule has 1 aromatic carbocycles. The molecule has 0 heterocycles. The number of rotatable bonds is 5. The molecule has 1 aromatic rings. The Morgan fingerprint density at radius 3 is 1.94 bits per heavy atom. The Hall–Kier alpha value is -1.07. The highest BCUT2D eigenvalue weighted by atomic mass is 31.2. The lowest BCUT2D eigenvalue weighted by Gasteiger charge is -2.09. The maximum Gasteiger partial charge on any atom is 0.156 e. The number of hydrogen-bond acceptors (Lipinski definition) is 1. The van der Waals surface area contributed by atoms with Gasteiger partial charge in [0, 0.05) is 5.30 Å². The van der Waals surface area contributed by atoms with Crippen LogP contribution in [0.1, 0.15) is 26.7 Å². The van der Waals surface area contributed by atoms with Crippen LogP contribution in [0, 0.1) is 0 Å². The molecule has 86 valence electrons. The molecule has 0 radical (unpaired) electrons. The standard InChI is InChI=1S/C14H19OP/c1-3-5-12-16(15,13-6-4-2)14-10-8-7-9-11-14/h5-13H,3-4H2,1-2H3/b12-5+,13-6+. The molecule has 0 aliphatic heterocycles. The third kappa shape index (κ3) is 3.50. The number of benzene rings is 1. The third-order valence-corrected chi connectivity index (χ3v) is 4.70. The molecular weight excluding hydrogens is 215 g/mol. The van der Waals surface area contributed by atoms with Crippen molar-refractivity contribution >= 4 is 12.4 Å². The summed E-state index contributed by atoms with van der Waals surface area (Å²) in [6.07, 6.45) is 5.79. The summed E-state index contributed by atoms with van der Waals surface area (Å²) in [6, 6.07) is 9.67. The summed E-state index contributed by atoms with van der Waals surface area (Å²) >= 11 is 0. The van der Waals surface area contributed by atoms with E-state index >= 15 is 0 Å². The molecule has 0 unspecified atom stereocenters. The molecule has 2 heteroatoms. The topological polar surface area (TPSA) is 17.1 Å². The predicted octanol–water partition coefficient (Wildman–Crippen LogP) is 4.52. The van der Waals surface area contributed by atoms with Crippen LogP contribution in [-0.4, -0.2) is 0 Å². The van der Waals surface area contributed by atoms with Crippen molar-refractivity contribution in [2.24, 2.45) is 0 Å². The van der Waals surface area contributed by atoms with Crippen LogP contribution in [0.25, 0.3) is 0 Å². The van der Waals surface area contributed by atoms with Gasteiger partial charge >= 0.3 is 0 Å². The summed E-state index contributed by atoms with van der Waals surface area (Å²) < 4.78 is 12.8. The Kier molecular flexibility index (Phi) is 5.28. The molecule has 1 nitrogen and oxygen atoms in total.